The van der Waals surface area contributed by atoms with Crippen molar-refractivity contribution in [2.24, 2.45) is 5.92 Å². The van der Waals surface area contributed by atoms with Gasteiger partial charge in [-0.05, 0) is 44.4 Å². The standard InChI is InChI=1S/C16H23N5/c1-13(16-11-18-12-20-16)19-10-14-4-8-21(9-5-14)15-2-6-17-7-3-15/h2-3,6-7,11-14,19H,4-5,8-10H2,1H3,(H,18,20). The third-order valence-electron chi connectivity index (χ3n) is 4.34. The molecule has 5 nitrogen and oxygen atoms in total. The molecule has 0 spiro atoms. The highest BCUT2D eigenvalue weighted by Crippen LogP contribution is 2.22. The van der Waals surface area contributed by atoms with E-state index in [9.17, 15) is 0 Å². The molecular formula is C16H23N5. The van der Waals surface area contributed by atoms with Gasteiger partial charge in [0.2, 0.25) is 0 Å². The van der Waals surface area contributed by atoms with Crippen LogP contribution in [0.1, 0.15) is 31.5 Å². The maximum atomic E-state index is 4.08. The Morgan fingerprint density at radius 1 is 1.29 bits per heavy atom. The first-order valence-electron chi connectivity index (χ1n) is 7.69. The molecule has 2 aromatic rings. The topological polar surface area (TPSA) is 56.8 Å². The fourth-order valence-electron chi connectivity index (χ4n) is 2.91. The third kappa shape index (κ3) is 3.61. The Balaban J connectivity index is 1.44. The van der Waals surface area contributed by atoms with E-state index in [2.05, 4.69) is 44.2 Å². The highest BCUT2D eigenvalue weighted by atomic mass is 15.1. The lowest BCUT2D eigenvalue weighted by Gasteiger charge is -2.34. The second-order valence-electron chi connectivity index (χ2n) is 5.77. The maximum absolute atomic E-state index is 4.08. The molecule has 2 N–H and O–H groups in total. The molecule has 1 aliphatic rings. The van der Waals surface area contributed by atoms with Crippen LogP contribution in [-0.2, 0) is 0 Å². The number of pyridine rings is 1. The molecule has 5 heteroatoms. The molecule has 0 aromatic carbocycles. The maximum Gasteiger partial charge on any atom is 0.0922 e. The summed E-state index contributed by atoms with van der Waals surface area (Å²) in [6.07, 6.45) is 9.85. The molecule has 1 atom stereocenters. The summed E-state index contributed by atoms with van der Waals surface area (Å²) in [5.74, 6) is 0.758. The first-order chi connectivity index (χ1) is 10.3. The average Bonchev–Trinajstić information content (AvgIpc) is 3.08. The minimum absolute atomic E-state index is 0.339. The van der Waals surface area contributed by atoms with E-state index in [-0.39, 0.29) is 0 Å². The summed E-state index contributed by atoms with van der Waals surface area (Å²) in [6.45, 7) is 5.52. The fraction of sp³-hybridized carbons (Fsp3) is 0.500. The number of hydrogen-bond donors (Lipinski definition) is 2. The number of nitrogens with one attached hydrogen (secondary N) is 2. The molecule has 3 heterocycles. The van der Waals surface area contributed by atoms with Crippen molar-refractivity contribution >= 4 is 5.69 Å². The van der Waals surface area contributed by atoms with E-state index in [4.69, 9.17) is 0 Å². The predicted octanol–water partition coefficient (Wildman–Crippen LogP) is 2.37. The number of H-pyrrole nitrogens is 1. The van der Waals surface area contributed by atoms with Gasteiger partial charge in [0.15, 0.2) is 0 Å². The number of rotatable bonds is 5. The number of anilines is 1. The van der Waals surface area contributed by atoms with Crippen LogP contribution >= 0.6 is 0 Å². The van der Waals surface area contributed by atoms with Crippen molar-refractivity contribution < 1.29 is 0 Å². The normalized spacial score (nSPS) is 17.9. The van der Waals surface area contributed by atoms with Gasteiger partial charge in [-0.25, -0.2) is 4.98 Å². The zero-order valence-corrected chi connectivity index (χ0v) is 12.5. The summed E-state index contributed by atoms with van der Waals surface area (Å²) in [5.41, 5.74) is 2.45. The highest BCUT2D eigenvalue weighted by molar-refractivity contribution is 5.44. The van der Waals surface area contributed by atoms with Gasteiger partial charge in [0.25, 0.3) is 0 Å². The summed E-state index contributed by atoms with van der Waals surface area (Å²) in [4.78, 5) is 13.8. The SMILES string of the molecule is CC(NCC1CCN(c2ccncc2)CC1)c1cnc[nH]1. The molecule has 112 valence electrons. The number of imidazole rings is 1. The molecule has 0 bridgehead atoms. The van der Waals surface area contributed by atoms with Crippen LogP contribution in [0.5, 0.6) is 0 Å². The number of nitrogens with zero attached hydrogens (tertiary/aromatic N) is 3. The zero-order chi connectivity index (χ0) is 14.5. The van der Waals surface area contributed by atoms with Gasteiger partial charge in [-0.2, -0.15) is 0 Å². The molecule has 1 unspecified atom stereocenters. The van der Waals surface area contributed by atoms with E-state index in [0.29, 0.717) is 6.04 Å². The zero-order valence-electron chi connectivity index (χ0n) is 12.5. The summed E-state index contributed by atoms with van der Waals surface area (Å²) in [6, 6.07) is 4.53. The fourth-order valence-corrected chi connectivity index (χ4v) is 2.91. The largest absolute Gasteiger partial charge is 0.371 e. The van der Waals surface area contributed by atoms with E-state index in [1.807, 2.05) is 18.6 Å². The van der Waals surface area contributed by atoms with Gasteiger partial charge >= 0.3 is 0 Å². The Labute approximate surface area is 125 Å². The summed E-state index contributed by atoms with van der Waals surface area (Å²) in [7, 11) is 0. The molecule has 1 aliphatic heterocycles. The average molecular weight is 285 g/mol. The first-order valence-corrected chi connectivity index (χ1v) is 7.69. The van der Waals surface area contributed by atoms with Crippen LogP contribution in [0.15, 0.2) is 37.1 Å². The van der Waals surface area contributed by atoms with Crippen LogP contribution in [0.4, 0.5) is 5.69 Å². The smallest absolute Gasteiger partial charge is 0.0922 e. The van der Waals surface area contributed by atoms with E-state index in [1.54, 1.807) is 6.33 Å². The van der Waals surface area contributed by atoms with Crippen molar-refractivity contribution in [1.82, 2.24) is 20.3 Å². The predicted molar refractivity (Wildman–Crippen MR) is 84.2 cm³/mol. The van der Waals surface area contributed by atoms with Crippen LogP contribution < -0.4 is 10.2 Å². The van der Waals surface area contributed by atoms with E-state index in [1.165, 1.54) is 18.5 Å². The van der Waals surface area contributed by atoms with Gasteiger partial charge in [-0.15, -0.1) is 0 Å². The Kier molecular flexibility index (Phi) is 4.50. The van der Waals surface area contributed by atoms with Gasteiger partial charge in [0.1, 0.15) is 0 Å². The quantitative estimate of drug-likeness (QED) is 0.885. The van der Waals surface area contributed by atoms with Crippen molar-refractivity contribution in [3.63, 3.8) is 0 Å². The van der Waals surface area contributed by atoms with Crippen molar-refractivity contribution in [3.8, 4) is 0 Å². The summed E-state index contributed by atoms with van der Waals surface area (Å²) >= 11 is 0. The van der Waals surface area contributed by atoms with E-state index in [0.717, 1.165) is 31.2 Å². The lowest BCUT2D eigenvalue weighted by molar-refractivity contribution is 0.366. The lowest BCUT2D eigenvalue weighted by atomic mass is 9.96. The van der Waals surface area contributed by atoms with Crippen LogP contribution in [0, 0.1) is 5.92 Å². The van der Waals surface area contributed by atoms with Crippen LogP contribution in [0.25, 0.3) is 0 Å². The second kappa shape index (κ2) is 6.72. The van der Waals surface area contributed by atoms with Gasteiger partial charge in [0, 0.05) is 43.4 Å². The Bertz CT molecular complexity index is 517. The van der Waals surface area contributed by atoms with Crippen LogP contribution in [0.3, 0.4) is 0 Å². The Morgan fingerprint density at radius 3 is 2.71 bits per heavy atom. The summed E-state index contributed by atoms with van der Waals surface area (Å²) < 4.78 is 0. The summed E-state index contributed by atoms with van der Waals surface area (Å²) in [5, 5.41) is 3.61. The molecule has 2 aromatic heterocycles. The van der Waals surface area contributed by atoms with Gasteiger partial charge in [-0.3, -0.25) is 4.98 Å². The van der Waals surface area contributed by atoms with Crippen molar-refractivity contribution in [2.45, 2.75) is 25.8 Å². The Morgan fingerprint density at radius 2 is 2.05 bits per heavy atom. The molecule has 1 fully saturated rings. The minimum Gasteiger partial charge on any atom is -0.371 e. The van der Waals surface area contributed by atoms with Gasteiger partial charge < -0.3 is 15.2 Å². The number of aromatic nitrogens is 3. The Hall–Kier alpha value is -1.88. The third-order valence-corrected chi connectivity index (χ3v) is 4.34. The van der Waals surface area contributed by atoms with Crippen LogP contribution in [-0.4, -0.2) is 34.6 Å². The monoisotopic (exact) mass is 285 g/mol. The molecule has 3 rings (SSSR count). The second-order valence-corrected chi connectivity index (χ2v) is 5.77. The number of hydrogen-bond acceptors (Lipinski definition) is 4. The molecule has 0 radical (unpaired) electrons. The first kappa shape index (κ1) is 14.1. The van der Waals surface area contributed by atoms with Gasteiger partial charge in [-0.1, -0.05) is 0 Å². The minimum atomic E-state index is 0.339. The number of piperidine rings is 1. The molecular weight excluding hydrogens is 262 g/mol. The molecule has 0 aliphatic carbocycles. The molecule has 1 saturated heterocycles. The van der Waals surface area contributed by atoms with E-state index < -0.39 is 0 Å². The lowest BCUT2D eigenvalue weighted by Crippen LogP contribution is -2.37. The van der Waals surface area contributed by atoms with Gasteiger partial charge in [0.05, 0.1) is 12.0 Å². The van der Waals surface area contributed by atoms with Crippen LogP contribution in [0.2, 0.25) is 0 Å². The van der Waals surface area contributed by atoms with Crippen molar-refractivity contribution in [1.29, 1.82) is 0 Å². The molecule has 0 saturated carbocycles. The highest BCUT2D eigenvalue weighted by Gasteiger charge is 2.20. The molecule has 0 amide bonds. The number of aromatic amines is 1. The van der Waals surface area contributed by atoms with Crippen molar-refractivity contribution in [3.05, 3.63) is 42.7 Å². The van der Waals surface area contributed by atoms with Crippen molar-refractivity contribution in [2.75, 3.05) is 24.5 Å². The molecule has 21 heavy (non-hydrogen) atoms. The van der Waals surface area contributed by atoms with E-state index >= 15 is 0 Å².